The van der Waals surface area contributed by atoms with Gasteiger partial charge < -0.3 is 10.2 Å². The Balaban J connectivity index is 2.16. The normalized spacial score (nSPS) is 20.4. The van der Waals surface area contributed by atoms with Gasteiger partial charge in [-0.05, 0) is 32.9 Å². The molecule has 0 spiro atoms. The third-order valence-electron chi connectivity index (χ3n) is 2.29. The molecule has 1 aliphatic rings. The smallest absolute Gasteiger partial charge is 0.0107 e. The minimum atomic E-state index is 1.15. The maximum atomic E-state index is 3.92. The first-order valence-corrected chi connectivity index (χ1v) is 4.86. The molecule has 0 aliphatic carbocycles. The molecule has 2 heteroatoms. The molecule has 0 bridgehead atoms. The lowest BCUT2D eigenvalue weighted by Crippen LogP contribution is -2.29. The van der Waals surface area contributed by atoms with Crippen molar-refractivity contribution in [2.24, 2.45) is 0 Å². The molecule has 2 nitrogen and oxygen atoms in total. The molecule has 1 rings (SSSR count). The molecule has 1 N–H and O–H groups in total. The lowest BCUT2D eigenvalue weighted by Gasteiger charge is -2.18. The Hall–Kier alpha value is -0.340. The molecule has 1 saturated heterocycles. The van der Waals surface area contributed by atoms with E-state index in [1.165, 1.54) is 38.2 Å². The molecule has 1 aliphatic heterocycles. The van der Waals surface area contributed by atoms with Crippen molar-refractivity contribution < 1.29 is 0 Å². The van der Waals surface area contributed by atoms with E-state index in [1.54, 1.807) is 0 Å². The van der Waals surface area contributed by atoms with E-state index in [2.05, 4.69) is 23.7 Å². The lowest BCUT2D eigenvalue weighted by atomic mass is 10.2. The van der Waals surface area contributed by atoms with Gasteiger partial charge in [0.15, 0.2) is 0 Å². The maximum Gasteiger partial charge on any atom is 0.0107 e. The Bertz CT molecular complexity index is 135. The minimum Gasteiger partial charge on any atom is -0.315 e. The van der Waals surface area contributed by atoms with Gasteiger partial charge in [0.1, 0.15) is 0 Å². The van der Waals surface area contributed by atoms with Gasteiger partial charge in [0, 0.05) is 19.6 Å². The topological polar surface area (TPSA) is 15.3 Å². The fourth-order valence-corrected chi connectivity index (χ4v) is 1.47. The van der Waals surface area contributed by atoms with Crippen molar-refractivity contribution in [3.63, 3.8) is 0 Å². The summed E-state index contributed by atoms with van der Waals surface area (Å²) in [4.78, 5) is 2.52. The molecular weight excluding hydrogens is 148 g/mol. The summed E-state index contributed by atoms with van der Waals surface area (Å²) in [6.45, 7) is 12.0. The Morgan fingerprint density at radius 2 is 2.25 bits per heavy atom. The van der Waals surface area contributed by atoms with E-state index in [0.717, 1.165) is 13.0 Å². The number of nitrogens with one attached hydrogen (secondary N) is 1. The highest BCUT2D eigenvalue weighted by Crippen LogP contribution is 2.01. The van der Waals surface area contributed by atoms with E-state index in [-0.39, 0.29) is 0 Å². The van der Waals surface area contributed by atoms with Gasteiger partial charge in [-0.1, -0.05) is 5.57 Å². The summed E-state index contributed by atoms with van der Waals surface area (Å²) in [5.41, 5.74) is 1.30. The van der Waals surface area contributed by atoms with Crippen molar-refractivity contribution in [1.29, 1.82) is 0 Å². The van der Waals surface area contributed by atoms with Crippen molar-refractivity contribution in [3.05, 3.63) is 12.2 Å². The number of hydrogen-bond donors (Lipinski definition) is 1. The predicted octanol–water partition coefficient (Wildman–Crippen LogP) is 1.25. The Morgan fingerprint density at radius 3 is 3.00 bits per heavy atom. The first-order chi connectivity index (χ1) is 5.79. The summed E-state index contributed by atoms with van der Waals surface area (Å²) in [6.07, 6.45) is 2.44. The number of nitrogens with zero attached hydrogens (tertiary/aromatic N) is 1. The zero-order valence-corrected chi connectivity index (χ0v) is 8.10. The molecule has 0 atom stereocenters. The van der Waals surface area contributed by atoms with Gasteiger partial charge in [0.2, 0.25) is 0 Å². The van der Waals surface area contributed by atoms with Gasteiger partial charge in [-0.15, -0.1) is 6.58 Å². The summed E-state index contributed by atoms with van der Waals surface area (Å²) in [7, 11) is 0. The van der Waals surface area contributed by atoms with Crippen LogP contribution in [-0.4, -0.2) is 37.6 Å². The molecule has 1 fully saturated rings. The second kappa shape index (κ2) is 5.33. The zero-order valence-electron chi connectivity index (χ0n) is 8.10. The monoisotopic (exact) mass is 168 g/mol. The van der Waals surface area contributed by atoms with Crippen LogP contribution in [0, 0.1) is 0 Å². The van der Waals surface area contributed by atoms with E-state index in [9.17, 15) is 0 Å². The highest BCUT2D eigenvalue weighted by molar-refractivity contribution is 4.88. The molecule has 0 radical (unpaired) electrons. The van der Waals surface area contributed by atoms with Crippen LogP contribution < -0.4 is 5.32 Å². The van der Waals surface area contributed by atoms with E-state index >= 15 is 0 Å². The summed E-state index contributed by atoms with van der Waals surface area (Å²) >= 11 is 0. The fourth-order valence-electron chi connectivity index (χ4n) is 1.47. The van der Waals surface area contributed by atoms with Crippen molar-refractivity contribution in [1.82, 2.24) is 10.2 Å². The van der Waals surface area contributed by atoms with Gasteiger partial charge in [-0.25, -0.2) is 0 Å². The van der Waals surface area contributed by atoms with E-state index in [1.807, 2.05) is 0 Å². The van der Waals surface area contributed by atoms with Gasteiger partial charge in [0.25, 0.3) is 0 Å². The van der Waals surface area contributed by atoms with Crippen molar-refractivity contribution in [3.8, 4) is 0 Å². The van der Waals surface area contributed by atoms with Gasteiger partial charge in [-0.3, -0.25) is 0 Å². The lowest BCUT2D eigenvalue weighted by molar-refractivity contribution is 0.296. The van der Waals surface area contributed by atoms with Crippen molar-refractivity contribution in [2.75, 3.05) is 32.7 Å². The Kier molecular flexibility index (Phi) is 4.33. The number of rotatable bonds is 3. The second-order valence-corrected chi connectivity index (χ2v) is 3.65. The van der Waals surface area contributed by atoms with Crippen LogP contribution in [0.2, 0.25) is 0 Å². The van der Waals surface area contributed by atoms with Crippen LogP contribution in [0.25, 0.3) is 0 Å². The first kappa shape index (κ1) is 9.75. The van der Waals surface area contributed by atoms with Gasteiger partial charge in [-0.2, -0.15) is 0 Å². The highest BCUT2D eigenvalue weighted by atomic mass is 15.1. The Morgan fingerprint density at radius 1 is 1.42 bits per heavy atom. The van der Waals surface area contributed by atoms with Crippen LogP contribution in [-0.2, 0) is 0 Å². The summed E-state index contributed by atoms with van der Waals surface area (Å²) < 4.78 is 0. The summed E-state index contributed by atoms with van der Waals surface area (Å²) in [5.74, 6) is 0. The minimum absolute atomic E-state index is 1.15. The average Bonchev–Trinajstić information content (AvgIpc) is 2.28. The first-order valence-electron chi connectivity index (χ1n) is 4.86. The summed E-state index contributed by atoms with van der Waals surface area (Å²) in [6, 6.07) is 0. The van der Waals surface area contributed by atoms with Crippen LogP contribution in [0.5, 0.6) is 0 Å². The van der Waals surface area contributed by atoms with Crippen LogP contribution in [0.4, 0.5) is 0 Å². The second-order valence-electron chi connectivity index (χ2n) is 3.65. The zero-order chi connectivity index (χ0) is 8.81. The molecule has 1 heterocycles. The molecule has 0 unspecified atom stereocenters. The molecule has 0 aromatic heterocycles. The van der Waals surface area contributed by atoms with Gasteiger partial charge >= 0.3 is 0 Å². The largest absolute Gasteiger partial charge is 0.315 e. The molecule has 0 amide bonds. The predicted molar refractivity (Wildman–Crippen MR) is 53.4 cm³/mol. The average molecular weight is 168 g/mol. The van der Waals surface area contributed by atoms with Crippen LogP contribution >= 0.6 is 0 Å². The third-order valence-corrected chi connectivity index (χ3v) is 2.29. The van der Waals surface area contributed by atoms with Crippen molar-refractivity contribution in [2.45, 2.75) is 19.8 Å². The molecule has 0 aromatic carbocycles. The van der Waals surface area contributed by atoms with Crippen molar-refractivity contribution >= 4 is 0 Å². The molecule has 0 saturated carbocycles. The van der Waals surface area contributed by atoms with Crippen LogP contribution in [0.15, 0.2) is 12.2 Å². The molecule has 70 valence electrons. The molecule has 12 heavy (non-hydrogen) atoms. The SMILES string of the molecule is C=C(C)CCN1CCCNCC1. The van der Waals surface area contributed by atoms with E-state index in [4.69, 9.17) is 0 Å². The third kappa shape index (κ3) is 3.88. The van der Waals surface area contributed by atoms with E-state index in [0.29, 0.717) is 0 Å². The van der Waals surface area contributed by atoms with Crippen LogP contribution in [0.3, 0.4) is 0 Å². The summed E-state index contributed by atoms with van der Waals surface area (Å²) in [5, 5.41) is 3.40. The quantitative estimate of drug-likeness (QED) is 0.638. The van der Waals surface area contributed by atoms with Gasteiger partial charge in [0.05, 0.1) is 0 Å². The maximum absolute atomic E-state index is 3.92. The highest BCUT2D eigenvalue weighted by Gasteiger charge is 2.06. The van der Waals surface area contributed by atoms with Crippen LogP contribution in [0.1, 0.15) is 19.8 Å². The van der Waals surface area contributed by atoms with E-state index < -0.39 is 0 Å². The fraction of sp³-hybridized carbons (Fsp3) is 0.800. The molecule has 0 aromatic rings. The number of hydrogen-bond acceptors (Lipinski definition) is 2. The Labute approximate surface area is 75.6 Å². The standard InChI is InChI=1S/C10H20N2/c1-10(2)4-8-12-7-3-5-11-6-9-12/h11H,1,3-9H2,2H3. The molecular formula is C10H20N2.